The second-order valence-corrected chi connectivity index (χ2v) is 9.31. The Hall–Kier alpha value is -2.59. The minimum absolute atomic E-state index is 0.0148. The molecule has 0 saturated carbocycles. The average Bonchev–Trinajstić information content (AvgIpc) is 3.48. The molecule has 9 heteroatoms. The third kappa shape index (κ3) is 4.01. The summed E-state index contributed by atoms with van der Waals surface area (Å²) in [4.78, 5) is 25.8. The highest BCUT2D eigenvalue weighted by Gasteiger charge is 2.25. The Balaban J connectivity index is 1.34. The Bertz CT molecular complexity index is 1130. The summed E-state index contributed by atoms with van der Waals surface area (Å²) in [6.07, 6.45) is 4.80. The molecular weight excluding hydrogens is 416 g/mol. The summed E-state index contributed by atoms with van der Waals surface area (Å²) in [5, 5.41) is 11.8. The topological polar surface area (TPSA) is 94.7 Å². The van der Waals surface area contributed by atoms with Crippen molar-refractivity contribution in [3.8, 4) is 10.6 Å². The number of rotatable bonds is 7. The van der Waals surface area contributed by atoms with E-state index in [2.05, 4.69) is 32.0 Å². The Morgan fingerprint density at radius 2 is 2.17 bits per heavy atom. The van der Waals surface area contributed by atoms with E-state index in [9.17, 15) is 4.79 Å². The summed E-state index contributed by atoms with van der Waals surface area (Å²) < 4.78 is 1.17. The molecule has 0 aliphatic carbocycles. The molecule has 4 heterocycles. The van der Waals surface area contributed by atoms with E-state index in [0.717, 1.165) is 46.3 Å². The minimum Gasteiger partial charge on any atom is -0.347 e. The second kappa shape index (κ2) is 8.65. The lowest BCUT2D eigenvalue weighted by Crippen LogP contribution is -2.22. The van der Waals surface area contributed by atoms with Crippen molar-refractivity contribution in [3.63, 3.8) is 0 Å². The highest BCUT2D eigenvalue weighted by Crippen LogP contribution is 2.44. The van der Waals surface area contributed by atoms with Crippen LogP contribution in [0.15, 0.2) is 36.8 Å². The van der Waals surface area contributed by atoms with Gasteiger partial charge in [-0.1, -0.05) is 12.1 Å². The first-order valence-corrected chi connectivity index (χ1v) is 11.6. The third-order valence-electron chi connectivity index (χ3n) is 5.09. The molecule has 1 aliphatic rings. The number of aromatic nitrogens is 3. The molecule has 0 fully saturated rings. The van der Waals surface area contributed by atoms with Crippen LogP contribution in [-0.2, 0) is 24.3 Å². The van der Waals surface area contributed by atoms with Crippen LogP contribution in [0, 0.1) is 0 Å². The second-order valence-electron chi connectivity index (χ2n) is 7.17. The molecular formula is C21H22N6OS2. The quantitative estimate of drug-likeness (QED) is 0.331. The fourth-order valence-corrected chi connectivity index (χ4v) is 5.97. The molecule has 4 aromatic rings. The molecule has 7 nitrogen and oxygen atoms in total. The first-order chi connectivity index (χ1) is 14.8. The zero-order valence-electron chi connectivity index (χ0n) is 16.3. The SMILES string of the molecule is O=C(CCNCc1cnc[nH]1)Nc1sc2c(c1-c1nc3ccccc3s1)CCNC2. The number of amides is 1. The van der Waals surface area contributed by atoms with Crippen molar-refractivity contribution in [2.45, 2.75) is 25.9 Å². The number of para-hydroxylation sites is 1. The molecule has 0 saturated heterocycles. The van der Waals surface area contributed by atoms with Crippen molar-refractivity contribution in [1.29, 1.82) is 0 Å². The molecule has 30 heavy (non-hydrogen) atoms. The highest BCUT2D eigenvalue weighted by molar-refractivity contribution is 7.22. The Kier molecular flexibility index (Phi) is 5.58. The standard InChI is InChI=1S/C21H22N6OS2/c28-18(6-8-22-9-13-10-24-12-25-13)27-21-19(14-5-7-23-11-17(14)30-21)20-26-15-3-1-2-4-16(15)29-20/h1-4,10,12,22-23H,5-9,11H2,(H,24,25)(H,27,28). The number of thiazole rings is 1. The Morgan fingerprint density at radius 3 is 3.03 bits per heavy atom. The van der Waals surface area contributed by atoms with Gasteiger partial charge in [0.1, 0.15) is 10.0 Å². The number of benzene rings is 1. The number of hydrogen-bond donors (Lipinski definition) is 4. The molecule has 0 atom stereocenters. The number of nitrogens with zero attached hydrogens (tertiary/aromatic N) is 2. The van der Waals surface area contributed by atoms with Gasteiger partial charge in [0.25, 0.3) is 0 Å². The molecule has 3 aromatic heterocycles. The molecule has 4 N–H and O–H groups in total. The molecule has 154 valence electrons. The first-order valence-electron chi connectivity index (χ1n) is 9.97. The molecule has 0 radical (unpaired) electrons. The molecule has 0 spiro atoms. The maximum atomic E-state index is 12.6. The Labute approximate surface area is 182 Å². The van der Waals surface area contributed by atoms with E-state index in [1.165, 1.54) is 15.1 Å². The van der Waals surface area contributed by atoms with Gasteiger partial charge in [-0.25, -0.2) is 9.97 Å². The number of thiophene rings is 1. The summed E-state index contributed by atoms with van der Waals surface area (Å²) in [5.74, 6) is 0.0148. The smallest absolute Gasteiger partial charge is 0.226 e. The van der Waals surface area contributed by atoms with Crippen molar-refractivity contribution in [2.24, 2.45) is 0 Å². The van der Waals surface area contributed by atoms with E-state index in [0.29, 0.717) is 19.5 Å². The normalized spacial score (nSPS) is 13.5. The number of H-pyrrole nitrogens is 1. The number of imidazole rings is 1. The van der Waals surface area contributed by atoms with Gasteiger partial charge in [-0.3, -0.25) is 4.79 Å². The van der Waals surface area contributed by atoms with Crippen molar-refractivity contribution < 1.29 is 4.79 Å². The summed E-state index contributed by atoms with van der Waals surface area (Å²) in [6.45, 7) is 3.07. The van der Waals surface area contributed by atoms with Crippen LogP contribution >= 0.6 is 22.7 Å². The third-order valence-corrected chi connectivity index (χ3v) is 7.29. The van der Waals surface area contributed by atoms with Gasteiger partial charge in [-0.15, -0.1) is 22.7 Å². The fourth-order valence-electron chi connectivity index (χ4n) is 3.62. The lowest BCUT2D eigenvalue weighted by atomic mass is 10.0. The highest BCUT2D eigenvalue weighted by atomic mass is 32.1. The predicted octanol–water partition coefficient (Wildman–Crippen LogP) is 3.51. The molecule has 0 unspecified atom stereocenters. The fraction of sp³-hybridized carbons (Fsp3) is 0.286. The predicted molar refractivity (Wildman–Crippen MR) is 122 cm³/mol. The number of aromatic amines is 1. The van der Waals surface area contributed by atoms with Gasteiger partial charge in [0.05, 0.1) is 16.5 Å². The van der Waals surface area contributed by atoms with Crippen molar-refractivity contribution >= 4 is 43.8 Å². The average molecular weight is 439 g/mol. The van der Waals surface area contributed by atoms with Crippen LogP contribution in [0.5, 0.6) is 0 Å². The van der Waals surface area contributed by atoms with Crippen LogP contribution in [0.4, 0.5) is 5.00 Å². The first kappa shape index (κ1) is 19.4. The lowest BCUT2D eigenvalue weighted by molar-refractivity contribution is -0.116. The van der Waals surface area contributed by atoms with E-state index in [-0.39, 0.29) is 5.91 Å². The molecule has 1 aromatic carbocycles. The maximum absolute atomic E-state index is 12.6. The minimum atomic E-state index is 0.0148. The van der Waals surface area contributed by atoms with E-state index >= 15 is 0 Å². The number of hydrogen-bond acceptors (Lipinski definition) is 7. The molecule has 1 amide bonds. The molecule has 0 bridgehead atoms. The van der Waals surface area contributed by atoms with Gasteiger partial charge < -0.3 is 20.9 Å². The number of anilines is 1. The summed E-state index contributed by atoms with van der Waals surface area (Å²) in [5.41, 5.74) is 4.44. The van der Waals surface area contributed by atoms with Crippen LogP contribution in [-0.4, -0.2) is 33.9 Å². The molecule has 5 rings (SSSR count). The Morgan fingerprint density at radius 1 is 1.23 bits per heavy atom. The van der Waals surface area contributed by atoms with E-state index in [1.54, 1.807) is 35.2 Å². The van der Waals surface area contributed by atoms with Crippen LogP contribution in [0.3, 0.4) is 0 Å². The van der Waals surface area contributed by atoms with Gasteiger partial charge in [0, 0.05) is 48.4 Å². The number of fused-ring (bicyclic) bond motifs is 2. The summed E-state index contributed by atoms with van der Waals surface area (Å²) >= 11 is 3.36. The number of nitrogens with one attached hydrogen (secondary N) is 4. The largest absolute Gasteiger partial charge is 0.347 e. The van der Waals surface area contributed by atoms with E-state index < -0.39 is 0 Å². The maximum Gasteiger partial charge on any atom is 0.226 e. The van der Waals surface area contributed by atoms with Gasteiger partial charge >= 0.3 is 0 Å². The van der Waals surface area contributed by atoms with Crippen LogP contribution in [0.25, 0.3) is 20.8 Å². The lowest BCUT2D eigenvalue weighted by Gasteiger charge is -2.13. The van der Waals surface area contributed by atoms with Crippen molar-refractivity contribution in [2.75, 3.05) is 18.4 Å². The van der Waals surface area contributed by atoms with Gasteiger partial charge in [-0.2, -0.15) is 0 Å². The zero-order chi connectivity index (χ0) is 20.3. The van der Waals surface area contributed by atoms with E-state index in [1.807, 2.05) is 18.2 Å². The van der Waals surface area contributed by atoms with Crippen LogP contribution < -0.4 is 16.0 Å². The van der Waals surface area contributed by atoms with E-state index in [4.69, 9.17) is 4.98 Å². The summed E-state index contributed by atoms with van der Waals surface area (Å²) in [7, 11) is 0. The van der Waals surface area contributed by atoms with Gasteiger partial charge in [-0.05, 0) is 30.7 Å². The van der Waals surface area contributed by atoms with Gasteiger partial charge in [0.15, 0.2) is 0 Å². The number of carbonyl (C=O) groups is 1. The van der Waals surface area contributed by atoms with Crippen LogP contribution in [0.1, 0.15) is 22.6 Å². The van der Waals surface area contributed by atoms with Crippen LogP contribution in [0.2, 0.25) is 0 Å². The van der Waals surface area contributed by atoms with Gasteiger partial charge in [0.2, 0.25) is 5.91 Å². The van der Waals surface area contributed by atoms with Crippen molar-refractivity contribution in [3.05, 3.63) is 52.9 Å². The summed E-state index contributed by atoms with van der Waals surface area (Å²) in [6, 6.07) is 8.19. The zero-order valence-corrected chi connectivity index (χ0v) is 18.0. The molecule has 1 aliphatic heterocycles. The number of carbonyl (C=O) groups excluding carboxylic acids is 1. The monoisotopic (exact) mass is 438 g/mol. The van der Waals surface area contributed by atoms with Crippen molar-refractivity contribution in [1.82, 2.24) is 25.6 Å².